The molecule has 1 amide bonds. The third-order valence-electron chi connectivity index (χ3n) is 4.10. The Hall–Kier alpha value is -0.760. The smallest absolute Gasteiger partial charge is 0.407 e. The SMILES string of the molecule is CC(C)(C)N(C(=O)O)C1CCC(Nc2cc(I)cc(Cl)n2)CC1. The van der Waals surface area contributed by atoms with E-state index in [9.17, 15) is 9.90 Å². The molecule has 1 aliphatic rings. The monoisotopic (exact) mass is 451 g/mol. The summed E-state index contributed by atoms with van der Waals surface area (Å²) >= 11 is 8.21. The molecule has 128 valence electrons. The molecule has 0 unspecified atom stereocenters. The molecule has 2 N–H and O–H groups in total. The Balaban J connectivity index is 1.96. The van der Waals surface area contributed by atoms with Crippen molar-refractivity contribution in [3.63, 3.8) is 0 Å². The van der Waals surface area contributed by atoms with Crippen LogP contribution in [-0.2, 0) is 0 Å². The highest BCUT2D eigenvalue weighted by molar-refractivity contribution is 14.1. The summed E-state index contributed by atoms with van der Waals surface area (Å²) in [4.78, 5) is 17.5. The zero-order valence-electron chi connectivity index (χ0n) is 13.6. The molecule has 0 bridgehead atoms. The number of nitrogens with zero attached hydrogens (tertiary/aromatic N) is 2. The lowest BCUT2D eigenvalue weighted by molar-refractivity contribution is 0.0556. The van der Waals surface area contributed by atoms with Crippen molar-refractivity contribution in [1.29, 1.82) is 0 Å². The summed E-state index contributed by atoms with van der Waals surface area (Å²) in [6.07, 6.45) is 2.74. The van der Waals surface area contributed by atoms with Gasteiger partial charge in [-0.2, -0.15) is 0 Å². The molecular formula is C16H23ClIN3O2. The summed E-state index contributed by atoms with van der Waals surface area (Å²) < 4.78 is 1.04. The molecule has 0 saturated heterocycles. The van der Waals surface area contributed by atoms with E-state index in [-0.39, 0.29) is 11.6 Å². The highest BCUT2D eigenvalue weighted by atomic mass is 127. The van der Waals surface area contributed by atoms with Crippen LogP contribution in [0.1, 0.15) is 46.5 Å². The Labute approximate surface area is 155 Å². The summed E-state index contributed by atoms with van der Waals surface area (Å²) in [5.41, 5.74) is -0.374. The first-order valence-corrected chi connectivity index (χ1v) is 9.24. The number of aromatic nitrogens is 1. The zero-order chi connectivity index (χ0) is 17.2. The van der Waals surface area contributed by atoms with Crippen LogP contribution in [0.2, 0.25) is 5.15 Å². The predicted molar refractivity (Wildman–Crippen MR) is 101 cm³/mol. The number of pyridine rings is 1. The summed E-state index contributed by atoms with van der Waals surface area (Å²) in [5, 5.41) is 13.4. The van der Waals surface area contributed by atoms with Crippen molar-refractivity contribution >= 4 is 46.1 Å². The van der Waals surface area contributed by atoms with Gasteiger partial charge in [0.2, 0.25) is 0 Å². The van der Waals surface area contributed by atoms with E-state index in [1.54, 1.807) is 4.90 Å². The molecule has 5 nitrogen and oxygen atoms in total. The van der Waals surface area contributed by atoms with Gasteiger partial charge < -0.3 is 15.3 Å². The van der Waals surface area contributed by atoms with E-state index in [0.29, 0.717) is 11.2 Å². The van der Waals surface area contributed by atoms with Crippen molar-refractivity contribution in [2.24, 2.45) is 0 Å². The van der Waals surface area contributed by atoms with E-state index in [2.05, 4.69) is 32.9 Å². The maximum Gasteiger partial charge on any atom is 0.407 e. The fourth-order valence-corrected chi connectivity index (χ4v) is 4.20. The Bertz CT molecular complexity index is 549. The largest absolute Gasteiger partial charge is 0.465 e. The van der Waals surface area contributed by atoms with E-state index < -0.39 is 6.09 Å². The highest BCUT2D eigenvalue weighted by Crippen LogP contribution is 2.30. The van der Waals surface area contributed by atoms with Gasteiger partial charge in [-0.3, -0.25) is 0 Å². The van der Waals surface area contributed by atoms with E-state index in [1.807, 2.05) is 32.9 Å². The maximum absolute atomic E-state index is 11.6. The summed E-state index contributed by atoms with van der Waals surface area (Å²) in [6.45, 7) is 5.84. The Morgan fingerprint density at radius 1 is 1.35 bits per heavy atom. The molecule has 2 rings (SSSR count). The molecule has 1 aromatic rings. The molecule has 0 atom stereocenters. The van der Waals surface area contributed by atoms with Crippen molar-refractivity contribution in [3.8, 4) is 0 Å². The minimum Gasteiger partial charge on any atom is -0.465 e. The number of carboxylic acid groups (broad SMARTS) is 1. The van der Waals surface area contributed by atoms with E-state index in [4.69, 9.17) is 11.6 Å². The molecule has 0 aromatic carbocycles. The van der Waals surface area contributed by atoms with Crippen LogP contribution in [0.5, 0.6) is 0 Å². The van der Waals surface area contributed by atoms with Gasteiger partial charge in [0.15, 0.2) is 0 Å². The van der Waals surface area contributed by atoms with Crippen LogP contribution >= 0.6 is 34.2 Å². The van der Waals surface area contributed by atoms with E-state index >= 15 is 0 Å². The number of amides is 1. The first-order chi connectivity index (χ1) is 10.7. The van der Waals surface area contributed by atoms with Gasteiger partial charge in [0.25, 0.3) is 0 Å². The minimum atomic E-state index is -0.833. The fraction of sp³-hybridized carbons (Fsp3) is 0.625. The first kappa shape index (κ1) is 18.6. The Kier molecular flexibility index (Phi) is 5.99. The first-order valence-electron chi connectivity index (χ1n) is 7.78. The highest BCUT2D eigenvalue weighted by Gasteiger charge is 2.35. The molecule has 0 aliphatic heterocycles. The molecule has 0 spiro atoms. The van der Waals surface area contributed by atoms with Crippen molar-refractivity contribution in [2.45, 2.75) is 64.1 Å². The van der Waals surface area contributed by atoms with Gasteiger partial charge in [0, 0.05) is 21.2 Å². The number of halogens is 2. The molecule has 1 aliphatic carbocycles. The lowest BCUT2D eigenvalue weighted by Gasteiger charge is -2.42. The van der Waals surface area contributed by atoms with Gasteiger partial charge in [0.1, 0.15) is 11.0 Å². The number of hydrogen-bond donors (Lipinski definition) is 2. The Morgan fingerprint density at radius 3 is 2.43 bits per heavy atom. The molecule has 7 heteroatoms. The summed E-state index contributed by atoms with van der Waals surface area (Å²) in [5.74, 6) is 0.788. The van der Waals surface area contributed by atoms with Gasteiger partial charge in [0.05, 0.1) is 0 Å². The molecular weight excluding hydrogens is 429 g/mol. The van der Waals surface area contributed by atoms with Gasteiger partial charge in [-0.15, -0.1) is 0 Å². The van der Waals surface area contributed by atoms with Crippen molar-refractivity contribution in [2.75, 3.05) is 5.32 Å². The van der Waals surface area contributed by atoms with Crippen LogP contribution in [-0.4, -0.2) is 38.7 Å². The Morgan fingerprint density at radius 2 is 1.96 bits per heavy atom. The van der Waals surface area contributed by atoms with E-state index in [0.717, 1.165) is 35.1 Å². The van der Waals surface area contributed by atoms with Crippen LogP contribution in [0.25, 0.3) is 0 Å². The lowest BCUT2D eigenvalue weighted by Crippen LogP contribution is -2.52. The van der Waals surface area contributed by atoms with Crippen LogP contribution in [0.15, 0.2) is 12.1 Å². The minimum absolute atomic E-state index is 0.0815. The molecule has 1 fully saturated rings. The number of hydrogen-bond acceptors (Lipinski definition) is 3. The van der Waals surface area contributed by atoms with Crippen LogP contribution in [0.4, 0.5) is 10.6 Å². The maximum atomic E-state index is 11.6. The normalized spacial score (nSPS) is 21.8. The molecule has 23 heavy (non-hydrogen) atoms. The number of rotatable bonds is 3. The number of carbonyl (C=O) groups is 1. The second kappa shape index (κ2) is 7.42. The lowest BCUT2D eigenvalue weighted by atomic mass is 9.88. The fourth-order valence-electron chi connectivity index (χ4n) is 3.22. The standard InChI is InChI=1S/C16H23ClIN3O2/c1-16(2,3)21(15(22)23)12-6-4-11(5-7-12)19-14-9-10(18)8-13(17)20-14/h8-9,11-12H,4-7H2,1-3H3,(H,19,20)(H,22,23). The van der Waals surface area contributed by atoms with Gasteiger partial charge in [-0.1, -0.05) is 11.6 Å². The van der Waals surface area contributed by atoms with Gasteiger partial charge in [-0.05, 0) is 81.2 Å². The van der Waals surface area contributed by atoms with E-state index in [1.165, 1.54) is 0 Å². The third kappa shape index (κ3) is 5.11. The second-order valence-electron chi connectivity index (χ2n) is 6.97. The van der Waals surface area contributed by atoms with Crippen LogP contribution in [0, 0.1) is 3.57 Å². The number of nitrogens with one attached hydrogen (secondary N) is 1. The zero-order valence-corrected chi connectivity index (χ0v) is 16.6. The van der Waals surface area contributed by atoms with Crippen LogP contribution in [0.3, 0.4) is 0 Å². The second-order valence-corrected chi connectivity index (χ2v) is 8.60. The van der Waals surface area contributed by atoms with Crippen molar-refractivity contribution < 1.29 is 9.90 Å². The average Bonchev–Trinajstić information content (AvgIpc) is 2.37. The average molecular weight is 452 g/mol. The number of anilines is 1. The quantitative estimate of drug-likeness (QED) is 0.510. The van der Waals surface area contributed by atoms with Crippen molar-refractivity contribution in [3.05, 3.63) is 20.9 Å². The molecule has 1 aromatic heterocycles. The molecule has 1 saturated carbocycles. The van der Waals surface area contributed by atoms with Crippen molar-refractivity contribution in [1.82, 2.24) is 9.88 Å². The summed E-state index contributed by atoms with van der Waals surface area (Å²) in [7, 11) is 0. The topological polar surface area (TPSA) is 65.5 Å². The van der Waals surface area contributed by atoms with Gasteiger partial charge in [-0.25, -0.2) is 9.78 Å². The summed E-state index contributed by atoms with van der Waals surface area (Å²) in [6, 6.07) is 4.18. The predicted octanol–water partition coefficient (Wildman–Crippen LogP) is 4.84. The molecule has 0 radical (unpaired) electrons. The van der Waals surface area contributed by atoms with Crippen LogP contribution < -0.4 is 5.32 Å². The third-order valence-corrected chi connectivity index (χ3v) is 4.92. The molecule has 1 heterocycles. The van der Waals surface area contributed by atoms with Gasteiger partial charge >= 0.3 is 6.09 Å².